The lowest BCUT2D eigenvalue weighted by atomic mass is 9.99. The molecule has 146 valence electrons. The van der Waals surface area contributed by atoms with Gasteiger partial charge in [-0.15, -0.1) is 0 Å². The maximum absolute atomic E-state index is 11.9. The number of carbonyl (C=O) groups is 1. The van der Waals surface area contributed by atoms with Crippen molar-refractivity contribution in [3.05, 3.63) is 53.9 Å². The highest BCUT2D eigenvalue weighted by molar-refractivity contribution is 5.73. The number of nitrogens with one attached hydrogen (secondary N) is 2. The van der Waals surface area contributed by atoms with Gasteiger partial charge in [-0.2, -0.15) is 5.10 Å². The molecular weight excluding hydrogens is 338 g/mol. The van der Waals surface area contributed by atoms with Crippen LogP contribution in [0.4, 0.5) is 4.79 Å². The minimum absolute atomic E-state index is 0.113. The number of hydrogen-bond donors (Lipinski definition) is 2. The lowest BCUT2D eigenvalue weighted by Crippen LogP contribution is -2.38. The highest BCUT2D eigenvalue weighted by Gasteiger charge is 2.14. The quantitative estimate of drug-likeness (QED) is 0.704. The third-order valence-electron chi connectivity index (χ3n) is 5.14. The predicted molar refractivity (Wildman–Crippen MR) is 107 cm³/mol. The predicted octanol–water partition coefficient (Wildman–Crippen LogP) is 2.85. The van der Waals surface area contributed by atoms with E-state index >= 15 is 0 Å². The van der Waals surface area contributed by atoms with Gasteiger partial charge in [0.1, 0.15) is 0 Å². The van der Waals surface area contributed by atoms with E-state index in [4.69, 9.17) is 0 Å². The van der Waals surface area contributed by atoms with Crippen molar-refractivity contribution >= 4 is 6.03 Å². The van der Waals surface area contributed by atoms with Crippen molar-refractivity contribution in [3.63, 3.8) is 0 Å². The van der Waals surface area contributed by atoms with Crippen LogP contribution in [0.25, 0.3) is 0 Å². The zero-order valence-corrected chi connectivity index (χ0v) is 16.2. The Morgan fingerprint density at radius 3 is 2.70 bits per heavy atom. The molecule has 1 saturated heterocycles. The summed E-state index contributed by atoms with van der Waals surface area (Å²) in [5, 5.41) is 10.2. The van der Waals surface area contributed by atoms with Crippen LogP contribution in [-0.4, -0.2) is 46.9 Å². The average Bonchev–Trinajstić information content (AvgIpc) is 3.13. The minimum atomic E-state index is -0.113. The second-order valence-electron chi connectivity index (χ2n) is 7.52. The van der Waals surface area contributed by atoms with Gasteiger partial charge in [0.25, 0.3) is 0 Å². The molecule has 1 fully saturated rings. The molecule has 6 heteroatoms. The van der Waals surface area contributed by atoms with Crippen LogP contribution < -0.4 is 10.6 Å². The van der Waals surface area contributed by atoms with Crippen LogP contribution in [0.3, 0.4) is 0 Å². The van der Waals surface area contributed by atoms with Crippen LogP contribution in [0.2, 0.25) is 0 Å². The number of rotatable bonds is 8. The maximum Gasteiger partial charge on any atom is 0.315 e. The van der Waals surface area contributed by atoms with E-state index in [2.05, 4.69) is 39.7 Å². The van der Waals surface area contributed by atoms with Crippen molar-refractivity contribution in [3.8, 4) is 0 Å². The lowest BCUT2D eigenvalue weighted by Gasteiger charge is -2.30. The number of amides is 2. The molecule has 1 aromatic carbocycles. The standard InChI is InChI=1S/C21H31N5O/c1-18-8-12-25(13-9-18)11-5-10-22-21(27)23-14-20-15-24-26(17-20)16-19-6-3-2-4-7-19/h2-4,6-7,15,17-18H,5,8-14,16H2,1H3,(H2,22,23,27). The van der Waals surface area contributed by atoms with Gasteiger partial charge in [0.15, 0.2) is 0 Å². The summed E-state index contributed by atoms with van der Waals surface area (Å²) < 4.78 is 1.89. The van der Waals surface area contributed by atoms with E-state index in [-0.39, 0.29) is 6.03 Å². The first kappa shape index (κ1) is 19.4. The normalized spacial score (nSPS) is 15.6. The number of hydrogen-bond acceptors (Lipinski definition) is 3. The largest absolute Gasteiger partial charge is 0.338 e. The summed E-state index contributed by atoms with van der Waals surface area (Å²) in [6.45, 7) is 7.73. The zero-order valence-electron chi connectivity index (χ0n) is 16.2. The van der Waals surface area contributed by atoms with Gasteiger partial charge in [-0.05, 0) is 50.4 Å². The summed E-state index contributed by atoms with van der Waals surface area (Å²) in [6.07, 6.45) is 7.37. The van der Waals surface area contributed by atoms with E-state index in [1.54, 1.807) is 6.20 Å². The molecule has 2 heterocycles. The molecule has 2 amide bonds. The smallest absolute Gasteiger partial charge is 0.315 e. The van der Waals surface area contributed by atoms with E-state index in [9.17, 15) is 4.79 Å². The number of likely N-dealkylation sites (tertiary alicyclic amines) is 1. The second kappa shape index (κ2) is 10.1. The molecular formula is C21H31N5O. The van der Waals surface area contributed by atoms with E-state index in [0.717, 1.165) is 31.0 Å². The molecule has 0 aliphatic carbocycles. The summed E-state index contributed by atoms with van der Waals surface area (Å²) in [5.41, 5.74) is 2.21. The van der Waals surface area contributed by atoms with Crippen LogP contribution in [0.15, 0.2) is 42.7 Å². The fourth-order valence-electron chi connectivity index (χ4n) is 3.39. The van der Waals surface area contributed by atoms with Gasteiger partial charge in [0.2, 0.25) is 0 Å². The van der Waals surface area contributed by atoms with Gasteiger partial charge in [0, 0.05) is 24.8 Å². The zero-order chi connectivity index (χ0) is 18.9. The third kappa shape index (κ3) is 6.71. The number of urea groups is 1. The Morgan fingerprint density at radius 2 is 1.93 bits per heavy atom. The molecule has 3 rings (SSSR count). The second-order valence-corrected chi connectivity index (χ2v) is 7.52. The molecule has 1 aliphatic rings. The number of piperidine rings is 1. The van der Waals surface area contributed by atoms with Crippen molar-refractivity contribution in [2.24, 2.45) is 5.92 Å². The molecule has 1 aliphatic heterocycles. The third-order valence-corrected chi connectivity index (χ3v) is 5.14. The summed E-state index contributed by atoms with van der Waals surface area (Å²) in [7, 11) is 0. The van der Waals surface area contributed by atoms with E-state index < -0.39 is 0 Å². The van der Waals surface area contributed by atoms with Crippen molar-refractivity contribution in [1.82, 2.24) is 25.3 Å². The fourth-order valence-corrected chi connectivity index (χ4v) is 3.39. The Balaban J connectivity index is 1.29. The Labute approximate surface area is 161 Å². The Bertz CT molecular complexity index is 692. The lowest BCUT2D eigenvalue weighted by molar-refractivity contribution is 0.190. The molecule has 27 heavy (non-hydrogen) atoms. The Morgan fingerprint density at radius 1 is 1.15 bits per heavy atom. The number of benzene rings is 1. The van der Waals surface area contributed by atoms with E-state index in [1.165, 1.54) is 31.5 Å². The van der Waals surface area contributed by atoms with E-state index in [0.29, 0.717) is 13.1 Å². The fraction of sp³-hybridized carbons (Fsp3) is 0.524. The number of aromatic nitrogens is 2. The highest BCUT2D eigenvalue weighted by atomic mass is 16.2. The monoisotopic (exact) mass is 369 g/mol. The van der Waals surface area contributed by atoms with Gasteiger partial charge >= 0.3 is 6.03 Å². The van der Waals surface area contributed by atoms with Crippen LogP contribution in [-0.2, 0) is 13.1 Å². The molecule has 0 atom stereocenters. The average molecular weight is 370 g/mol. The first-order valence-electron chi connectivity index (χ1n) is 9.98. The van der Waals surface area contributed by atoms with Crippen LogP contribution >= 0.6 is 0 Å². The Kier molecular flexibility index (Phi) is 7.27. The molecule has 0 bridgehead atoms. The highest BCUT2D eigenvalue weighted by Crippen LogP contribution is 2.15. The van der Waals surface area contributed by atoms with Gasteiger partial charge in [-0.3, -0.25) is 4.68 Å². The number of nitrogens with zero attached hydrogens (tertiary/aromatic N) is 3. The molecule has 2 aromatic rings. The summed E-state index contributed by atoms with van der Waals surface area (Å²) in [5.74, 6) is 0.863. The van der Waals surface area contributed by atoms with Crippen LogP contribution in [0, 0.1) is 5.92 Å². The Hall–Kier alpha value is -2.34. The van der Waals surface area contributed by atoms with Gasteiger partial charge in [0.05, 0.1) is 12.7 Å². The summed E-state index contributed by atoms with van der Waals surface area (Å²) >= 11 is 0. The summed E-state index contributed by atoms with van der Waals surface area (Å²) in [6, 6.07) is 10.1. The first-order valence-corrected chi connectivity index (χ1v) is 9.98. The van der Waals surface area contributed by atoms with Crippen molar-refractivity contribution < 1.29 is 4.79 Å². The maximum atomic E-state index is 11.9. The molecule has 0 saturated carbocycles. The number of carbonyl (C=O) groups excluding carboxylic acids is 1. The molecule has 1 aromatic heterocycles. The van der Waals surface area contributed by atoms with Gasteiger partial charge in [-0.1, -0.05) is 37.3 Å². The molecule has 0 unspecified atom stereocenters. The SMILES string of the molecule is CC1CCN(CCCNC(=O)NCc2cnn(Cc3ccccc3)c2)CC1. The molecule has 0 radical (unpaired) electrons. The van der Waals surface area contributed by atoms with Crippen molar-refractivity contribution in [1.29, 1.82) is 0 Å². The van der Waals surface area contributed by atoms with Gasteiger partial charge < -0.3 is 15.5 Å². The summed E-state index contributed by atoms with van der Waals surface area (Å²) in [4.78, 5) is 14.4. The minimum Gasteiger partial charge on any atom is -0.338 e. The topological polar surface area (TPSA) is 62.2 Å². The van der Waals surface area contributed by atoms with Crippen LogP contribution in [0.1, 0.15) is 37.3 Å². The molecule has 0 spiro atoms. The van der Waals surface area contributed by atoms with E-state index in [1.807, 2.05) is 29.1 Å². The van der Waals surface area contributed by atoms with Crippen LogP contribution in [0.5, 0.6) is 0 Å². The molecule has 2 N–H and O–H groups in total. The van der Waals surface area contributed by atoms with Gasteiger partial charge in [-0.25, -0.2) is 4.79 Å². The van der Waals surface area contributed by atoms with Crippen molar-refractivity contribution in [2.75, 3.05) is 26.2 Å². The first-order chi connectivity index (χ1) is 13.2. The van der Waals surface area contributed by atoms with Crippen molar-refractivity contribution in [2.45, 2.75) is 39.3 Å². The molecule has 6 nitrogen and oxygen atoms in total.